The van der Waals surface area contributed by atoms with Crippen molar-refractivity contribution in [3.05, 3.63) is 47.5 Å². The third-order valence-electron chi connectivity index (χ3n) is 4.86. The summed E-state index contributed by atoms with van der Waals surface area (Å²) >= 11 is 0. The Bertz CT molecular complexity index is 645. The van der Waals surface area contributed by atoms with Crippen LogP contribution in [-0.2, 0) is 11.3 Å². The number of amides is 1. The van der Waals surface area contributed by atoms with Gasteiger partial charge < -0.3 is 5.32 Å². The standard InChI is InChI=1S/C18H25N5O/c1-13-3-5-15(6-4-13)11-19-18(24)14(2)23-9-7-16(8-10-23)17-20-12-21-22-17/h3-6,12,14,16H,7-11H2,1-2H3,(H,19,24)(H,20,21,22)/t14-/m1/s1. The average molecular weight is 327 g/mol. The van der Waals surface area contributed by atoms with E-state index in [1.54, 1.807) is 6.33 Å². The van der Waals surface area contributed by atoms with Gasteiger partial charge in [0.25, 0.3) is 0 Å². The molecule has 0 unspecified atom stereocenters. The lowest BCUT2D eigenvalue weighted by atomic mass is 9.95. The van der Waals surface area contributed by atoms with E-state index in [1.807, 2.05) is 6.92 Å². The van der Waals surface area contributed by atoms with Crippen molar-refractivity contribution in [2.45, 2.75) is 45.2 Å². The molecular formula is C18H25N5O. The molecule has 1 atom stereocenters. The lowest BCUT2D eigenvalue weighted by Crippen LogP contribution is -2.47. The van der Waals surface area contributed by atoms with E-state index >= 15 is 0 Å². The lowest BCUT2D eigenvalue weighted by molar-refractivity contribution is -0.126. The highest BCUT2D eigenvalue weighted by Crippen LogP contribution is 2.25. The number of nitrogens with one attached hydrogen (secondary N) is 2. The molecule has 128 valence electrons. The first-order valence-electron chi connectivity index (χ1n) is 8.56. The fourth-order valence-electron chi connectivity index (χ4n) is 3.18. The Kier molecular flexibility index (Phi) is 5.25. The number of hydrogen-bond donors (Lipinski definition) is 2. The van der Waals surface area contributed by atoms with E-state index in [9.17, 15) is 4.79 Å². The molecule has 0 saturated carbocycles. The summed E-state index contributed by atoms with van der Waals surface area (Å²) in [5.41, 5.74) is 2.36. The Morgan fingerprint density at radius 3 is 2.67 bits per heavy atom. The summed E-state index contributed by atoms with van der Waals surface area (Å²) < 4.78 is 0. The minimum Gasteiger partial charge on any atom is -0.351 e. The number of carbonyl (C=O) groups is 1. The molecular weight excluding hydrogens is 302 g/mol. The zero-order valence-corrected chi connectivity index (χ0v) is 14.3. The van der Waals surface area contributed by atoms with Crippen LogP contribution < -0.4 is 5.32 Å². The van der Waals surface area contributed by atoms with E-state index in [1.165, 1.54) is 5.56 Å². The smallest absolute Gasteiger partial charge is 0.237 e. The SMILES string of the molecule is Cc1ccc(CNC(=O)[C@@H](C)N2CCC(c3ncn[nH]3)CC2)cc1. The predicted octanol–water partition coefficient (Wildman–Crippen LogP) is 2.00. The van der Waals surface area contributed by atoms with Gasteiger partial charge in [0.15, 0.2) is 0 Å². The summed E-state index contributed by atoms with van der Waals surface area (Å²) in [6.07, 6.45) is 3.57. The Labute approximate surface area is 142 Å². The third-order valence-corrected chi connectivity index (χ3v) is 4.86. The van der Waals surface area contributed by atoms with Crippen LogP contribution in [-0.4, -0.2) is 45.1 Å². The van der Waals surface area contributed by atoms with Crippen LogP contribution in [0.1, 0.15) is 42.6 Å². The fourth-order valence-corrected chi connectivity index (χ4v) is 3.18. The van der Waals surface area contributed by atoms with Crippen molar-refractivity contribution in [1.29, 1.82) is 0 Å². The third kappa shape index (κ3) is 4.00. The monoisotopic (exact) mass is 327 g/mol. The molecule has 1 aliphatic heterocycles. The number of aromatic nitrogens is 3. The summed E-state index contributed by atoms with van der Waals surface area (Å²) in [6, 6.07) is 8.15. The number of H-pyrrole nitrogens is 1. The lowest BCUT2D eigenvalue weighted by Gasteiger charge is -2.34. The van der Waals surface area contributed by atoms with E-state index in [4.69, 9.17) is 0 Å². The van der Waals surface area contributed by atoms with Crippen LogP contribution in [0.2, 0.25) is 0 Å². The number of likely N-dealkylation sites (tertiary alicyclic amines) is 1. The Balaban J connectivity index is 1.46. The number of aryl methyl sites for hydroxylation is 1. The molecule has 1 aliphatic rings. The van der Waals surface area contributed by atoms with Crippen LogP contribution >= 0.6 is 0 Å². The maximum absolute atomic E-state index is 12.4. The van der Waals surface area contributed by atoms with E-state index < -0.39 is 0 Å². The first kappa shape index (κ1) is 16.6. The van der Waals surface area contributed by atoms with E-state index in [-0.39, 0.29) is 11.9 Å². The van der Waals surface area contributed by atoms with Crippen molar-refractivity contribution in [3.8, 4) is 0 Å². The largest absolute Gasteiger partial charge is 0.351 e. The maximum atomic E-state index is 12.4. The maximum Gasteiger partial charge on any atom is 0.237 e. The summed E-state index contributed by atoms with van der Waals surface area (Å²) in [5.74, 6) is 1.48. The molecule has 3 rings (SSSR count). The number of aromatic amines is 1. The fraction of sp³-hybridized carbons (Fsp3) is 0.500. The molecule has 2 heterocycles. The zero-order valence-electron chi connectivity index (χ0n) is 14.3. The van der Waals surface area contributed by atoms with Crippen molar-refractivity contribution in [2.75, 3.05) is 13.1 Å². The molecule has 2 N–H and O–H groups in total. The molecule has 2 aromatic rings. The molecule has 6 nitrogen and oxygen atoms in total. The molecule has 1 aromatic carbocycles. The molecule has 0 aliphatic carbocycles. The quantitative estimate of drug-likeness (QED) is 0.881. The number of piperidine rings is 1. The van der Waals surface area contributed by atoms with Gasteiger partial charge in [-0.3, -0.25) is 14.8 Å². The predicted molar refractivity (Wildman–Crippen MR) is 92.4 cm³/mol. The number of benzene rings is 1. The molecule has 1 fully saturated rings. The molecule has 24 heavy (non-hydrogen) atoms. The van der Waals surface area contributed by atoms with Gasteiger partial charge in [-0.25, -0.2) is 4.98 Å². The van der Waals surface area contributed by atoms with Gasteiger partial charge >= 0.3 is 0 Å². The van der Waals surface area contributed by atoms with Crippen molar-refractivity contribution < 1.29 is 4.79 Å². The number of rotatable bonds is 5. The highest BCUT2D eigenvalue weighted by Gasteiger charge is 2.28. The van der Waals surface area contributed by atoms with Crippen molar-refractivity contribution >= 4 is 5.91 Å². The van der Waals surface area contributed by atoms with Crippen LogP contribution in [0.3, 0.4) is 0 Å². The van der Waals surface area contributed by atoms with Gasteiger partial charge in [-0.05, 0) is 45.3 Å². The molecule has 6 heteroatoms. The molecule has 0 spiro atoms. The van der Waals surface area contributed by atoms with Gasteiger partial charge in [0, 0.05) is 12.5 Å². The number of nitrogens with zero attached hydrogens (tertiary/aromatic N) is 3. The summed E-state index contributed by atoms with van der Waals surface area (Å²) in [7, 11) is 0. The molecule has 1 saturated heterocycles. The topological polar surface area (TPSA) is 73.9 Å². The van der Waals surface area contributed by atoms with Gasteiger partial charge in [-0.2, -0.15) is 5.10 Å². The highest BCUT2D eigenvalue weighted by atomic mass is 16.2. The summed E-state index contributed by atoms with van der Waals surface area (Å²) in [5, 5.41) is 9.93. The van der Waals surface area contributed by atoms with Crippen LogP contribution in [0, 0.1) is 6.92 Å². The van der Waals surface area contributed by atoms with Crippen molar-refractivity contribution in [1.82, 2.24) is 25.4 Å². The van der Waals surface area contributed by atoms with Crippen molar-refractivity contribution in [2.24, 2.45) is 0 Å². The van der Waals surface area contributed by atoms with Gasteiger partial charge in [0.2, 0.25) is 5.91 Å². The van der Waals surface area contributed by atoms with Gasteiger partial charge in [0.1, 0.15) is 12.2 Å². The minimum atomic E-state index is -0.105. The van der Waals surface area contributed by atoms with E-state index in [2.05, 4.69) is 56.6 Å². The summed E-state index contributed by atoms with van der Waals surface area (Å²) in [4.78, 5) is 18.9. The number of carbonyl (C=O) groups excluding carboxylic acids is 1. The van der Waals surface area contributed by atoms with Crippen LogP contribution in [0.25, 0.3) is 0 Å². The first-order chi connectivity index (χ1) is 11.6. The second-order valence-corrected chi connectivity index (χ2v) is 6.56. The van der Waals surface area contributed by atoms with Gasteiger partial charge in [-0.15, -0.1) is 0 Å². The second-order valence-electron chi connectivity index (χ2n) is 6.56. The minimum absolute atomic E-state index is 0.0914. The normalized spacial score (nSPS) is 17.6. The second kappa shape index (κ2) is 7.57. The van der Waals surface area contributed by atoms with Gasteiger partial charge in [-0.1, -0.05) is 29.8 Å². The van der Waals surface area contributed by atoms with Crippen molar-refractivity contribution in [3.63, 3.8) is 0 Å². The first-order valence-corrected chi connectivity index (χ1v) is 8.56. The Morgan fingerprint density at radius 1 is 1.33 bits per heavy atom. The van der Waals surface area contributed by atoms with Crippen LogP contribution in [0.15, 0.2) is 30.6 Å². The molecule has 0 bridgehead atoms. The van der Waals surface area contributed by atoms with Gasteiger partial charge in [0.05, 0.1) is 6.04 Å². The van der Waals surface area contributed by atoms with Crippen LogP contribution in [0.5, 0.6) is 0 Å². The Hall–Kier alpha value is -2.21. The summed E-state index contributed by atoms with van der Waals surface area (Å²) in [6.45, 7) is 6.44. The highest BCUT2D eigenvalue weighted by molar-refractivity contribution is 5.81. The zero-order chi connectivity index (χ0) is 16.9. The van der Waals surface area contributed by atoms with Crippen LogP contribution in [0.4, 0.5) is 0 Å². The molecule has 1 amide bonds. The molecule has 1 aromatic heterocycles. The van der Waals surface area contributed by atoms with E-state index in [0.717, 1.165) is 37.3 Å². The average Bonchev–Trinajstić information content (AvgIpc) is 3.15. The Morgan fingerprint density at radius 2 is 2.04 bits per heavy atom. The van der Waals surface area contributed by atoms with E-state index in [0.29, 0.717) is 12.5 Å². The number of hydrogen-bond acceptors (Lipinski definition) is 4. The molecule has 0 radical (unpaired) electrons.